The minimum Gasteiger partial charge on any atom is -0.335 e. The third-order valence-corrected chi connectivity index (χ3v) is 4.21. The number of nitrogens with zero attached hydrogens (tertiary/aromatic N) is 2. The third-order valence-electron chi connectivity index (χ3n) is 2.68. The maximum Gasteiger partial charge on any atom is 0.110 e. The zero-order valence-electron chi connectivity index (χ0n) is 9.77. The van der Waals surface area contributed by atoms with Gasteiger partial charge in [-0.1, -0.05) is 6.92 Å². The summed E-state index contributed by atoms with van der Waals surface area (Å²) in [6.45, 7) is 3.18. The van der Waals surface area contributed by atoms with Gasteiger partial charge in [-0.15, -0.1) is 11.3 Å². The standard InChI is InChI=1S/C12H16BrN3S/c1-2-4-16-5-3-15-12(16)7-10(14)9-6-11(13)17-8-9/h3,5-6,8,10H,2,4,7,14H2,1H3. The van der Waals surface area contributed by atoms with E-state index in [1.165, 1.54) is 5.56 Å². The van der Waals surface area contributed by atoms with Crippen LogP contribution in [0.1, 0.15) is 30.8 Å². The molecule has 0 spiro atoms. The molecule has 0 amide bonds. The van der Waals surface area contributed by atoms with Crippen molar-refractivity contribution in [2.75, 3.05) is 0 Å². The fourth-order valence-corrected chi connectivity index (χ4v) is 3.05. The molecule has 2 aromatic rings. The first-order chi connectivity index (χ1) is 8.20. The lowest BCUT2D eigenvalue weighted by Gasteiger charge is -2.11. The Morgan fingerprint density at radius 3 is 3.06 bits per heavy atom. The second kappa shape index (κ2) is 5.80. The summed E-state index contributed by atoms with van der Waals surface area (Å²) in [6.07, 6.45) is 5.77. The molecular weight excluding hydrogens is 298 g/mol. The van der Waals surface area contributed by atoms with Gasteiger partial charge in [0.15, 0.2) is 0 Å². The Bertz CT molecular complexity index is 478. The number of nitrogens with two attached hydrogens (primary N) is 1. The van der Waals surface area contributed by atoms with E-state index in [1.807, 2.05) is 12.4 Å². The highest BCUT2D eigenvalue weighted by Gasteiger charge is 2.12. The van der Waals surface area contributed by atoms with Crippen LogP contribution in [0.25, 0.3) is 0 Å². The van der Waals surface area contributed by atoms with Gasteiger partial charge in [0, 0.05) is 31.4 Å². The smallest absolute Gasteiger partial charge is 0.110 e. The molecule has 2 aromatic heterocycles. The Morgan fingerprint density at radius 2 is 2.41 bits per heavy atom. The number of thiophene rings is 1. The van der Waals surface area contributed by atoms with Crippen LogP contribution in [-0.2, 0) is 13.0 Å². The second-order valence-electron chi connectivity index (χ2n) is 4.03. The highest BCUT2D eigenvalue weighted by atomic mass is 79.9. The molecule has 0 aliphatic carbocycles. The molecule has 2 N–H and O–H groups in total. The van der Waals surface area contributed by atoms with Crippen molar-refractivity contribution in [3.05, 3.63) is 39.0 Å². The molecule has 0 aromatic carbocycles. The first kappa shape index (κ1) is 12.8. The van der Waals surface area contributed by atoms with Gasteiger partial charge >= 0.3 is 0 Å². The normalized spacial score (nSPS) is 12.9. The van der Waals surface area contributed by atoms with Gasteiger partial charge in [0.1, 0.15) is 5.82 Å². The lowest BCUT2D eigenvalue weighted by molar-refractivity contribution is 0.599. The van der Waals surface area contributed by atoms with Gasteiger partial charge in [0.05, 0.1) is 3.79 Å². The highest BCUT2D eigenvalue weighted by molar-refractivity contribution is 9.11. The van der Waals surface area contributed by atoms with Gasteiger partial charge in [-0.3, -0.25) is 0 Å². The van der Waals surface area contributed by atoms with Crippen molar-refractivity contribution in [1.82, 2.24) is 9.55 Å². The number of rotatable bonds is 5. The number of aromatic nitrogens is 2. The molecule has 3 nitrogen and oxygen atoms in total. The summed E-state index contributed by atoms with van der Waals surface area (Å²) < 4.78 is 3.31. The summed E-state index contributed by atoms with van der Waals surface area (Å²) in [6, 6.07) is 2.11. The summed E-state index contributed by atoms with van der Waals surface area (Å²) >= 11 is 5.13. The summed E-state index contributed by atoms with van der Waals surface area (Å²) in [5, 5.41) is 2.10. The van der Waals surface area contributed by atoms with Gasteiger partial charge in [-0.2, -0.15) is 0 Å². The summed E-state index contributed by atoms with van der Waals surface area (Å²) in [5.41, 5.74) is 7.37. The molecule has 5 heteroatoms. The molecule has 0 aliphatic rings. The summed E-state index contributed by atoms with van der Waals surface area (Å²) in [7, 11) is 0. The number of hydrogen-bond donors (Lipinski definition) is 1. The van der Waals surface area contributed by atoms with Gasteiger partial charge in [0.2, 0.25) is 0 Å². The van der Waals surface area contributed by atoms with Crippen molar-refractivity contribution >= 4 is 27.3 Å². The quantitative estimate of drug-likeness (QED) is 0.919. The molecule has 0 fully saturated rings. The predicted molar refractivity (Wildman–Crippen MR) is 75.2 cm³/mol. The van der Waals surface area contributed by atoms with Crippen LogP contribution in [-0.4, -0.2) is 9.55 Å². The maximum atomic E-state index is 6.20. The monoisotopic (exact) mass is 313 g/mol. The van der Waals surface area contributed by atoms with Gasteiger partial charge in [-0.25, -0.2) is 4.98 Å². The molecule has 0 bridgehead atoms. The Hall–Kier alpha value is -0.650. The maximum absolute atomic E-state index is 6.20. The van der Waals surface area contributed by atoms with Crippen molar-refractivity contribution in [3.8, 4) is 0 Å². The Balaban J connectivity index is 2.07. The SMILES string of the molecule is CCCn1ccnc1CC(N)c1csc(Br)c1. The van der Waals surface area contributed by atoms with Crippen LogP contribution in [0.5, 0.6) is 0 Å². The average molecular weight is 314 g/mol. The van der Waals surface area contributed by atoms with Crippen molar-refractivity contribution < 1.29 is 0 Å². The van der Waals surface area contributed by atoms with Gasteiger partial charge in [0.25, 0.3) is 0 Å². The van der Waals surface area contributed by atoms with E-state index in [0.717, 1.165) is 29.0 Å². The molecule has 92 valence electrons. The van der Waals surface area contributed by atoms with E-state index in [2.05, 4.69) is 43.9 Å². The van der Waals surface area contributed by atoms with Crippen molar-refractivity contribution in [1.29, 1.82) is 0 Å². The number of imidazole rings is 1. The molecule has 0 saturated heterocycles. The van der Waals surface area contributed by atoms with Gasteiger partial charge in [-0.05, 0) is 39.4 Å². The molecule has 0 radical (unpaired) electrons. The molecule has 2 rings (SSSR count). The van der Waals surface area contributed by atoms with E-state index < -0.39 is 0 Å². The minimum atomic E-state index is 0.0237. The third kappa shape index (κ3) is 3.18. The zero-order chi connectivity index (χ0) is 12.3. The van der Waals surface area contributed by atoms with Crippen LogP contribution in [0, 0.1) is 0 Å². The van der Waals surface area contributed by atoms with Crippen molar-refractivity contribution in [3.63, 3.8) is 0 Å². The predicted octanol–water partition coefficient (Wildman–Crippen LogP) is 3.36. The first-order valence-electron chi connectivity index (χ1n) is 5.70. The van der Waals surface area contributed by atoms with Crippen LogP contribution >= 0.6 is 27.3 Å². The largest absolute Gasteiger partial charge is 0.335 e. The highest BCUT2D eigenvalue weighted by Crippen LogP contribution is 2.25. The van der Waals surface area contributed by atoms with E-state index in [4.69, 9.17) is 5.73 Å². The van der Waals surface area contributed by atoms with E-state index in [9.17, 15) is 0 Å². The molecule has 17 heavy (non-hydrogen) atoms. The van der Waals surface area contributed by atoms with Crippen molar-refractivity contribution in [2.45, 2.75) is 32.4 Å². The number of aryl methyl sites for hydroxylation is 1. The van der Waals surface area contributed by atoms with Gasteiger partial charge < -0.3 is 10.3 Å². The van der Waals surface area contributed by atoms with Crippen LogP contribution in [0.4, 0.5) is 0 Å². The summed E-state index contributed by atoms with van der Waals surface area (Å²) in [5.74, 6) is 1.07. The average Bonchev–Trinajstić information content (AvgIpc) is 2.89. The lowest BCUT2D eigenvalue weighted by atomic mass is 10.1. The zero-order valence-corrected chi connectivity index (χ0v) is 12.2. The van der Waals surface area contributed by atoms with Crippen LogP contribution in [0.2, 0.25) is 0 Å². The van der Waals surface area contributed by atoms with Crippen LogP contribution in [0.3, 0.4) is 0 Å². The minimum absolute atomic E-state index is 0.0237. The molecule has 0 aliphatic heterocycles. The number of halogens is 1. The molecule has 0 saturated carbocycles. The van der Waals surface area contributed by atoms with Crippen LogP contribution < -0.4 is 5.73 Å². The Kier molecular flexibility index (Phi) is 4.36. The fraction of sp³-hybridized carbons (Fsp3) is 0.417. The molecular formula is C12H16BrN3S. The van der Waals surface area contributed by atoms with E-state index in [0.29, 0.717) is 0 Å². The van der Waals surface area contributed by atoms with Crippen LogP contribution in [0.15, 0.2) is 27.6 Å². The molecule has 2 heterocycles. The topological polar surface area (TPSA) is 43.8 Å². The molecule has 1 unspecified atom stereocenters. The van der Waals surface area contributed by atoms with E-state index >= 15 is 0 Å². The van der Waals surface area contributed by atoms with E-state index in [-0.39, 0.29) is 6.04 Å². The fourth-order valence-electron chi connectivity index (χ4n) is 1.81. The molecule has 1 atom stereocenters. The Morgan fingerprint density at radius 1 is 1.59 bits per heavy atom. The van der Waals surface area contributed by atoms with Crippen molar-refractivity contribution in [2.24, 2.45) is 5.73 Å². The first-order valence-corrected chi connectivity index (χ1v) is 7.37. The summed E-state index contributed by atoms with van der Waals surface area (Å²) in [4.78, 5) is 4.38. The van der Waals surface area contributed by atoms with E-state index in [1.54, 1.807) is 11.3 Å². The lowest BCUT2D eigenvalue weighted by Crippen LogP contribution is -2.16. The number of hydrogen-bond acceptors (Lipinski definition) is 3. The second-order valence-corrected chi connectivity index (χ2v) is 6.32. The Labute approximate surface area is 114 Å².